The monoisotopic (exact) mass is 472 g/mol. The summed E-state index contributed by atoms with van der Waals surface area (Å²) in [4.78, 5) is 47.0. The van der Waals surface area contributed by atoms with E-state index in [1.54, 1.807) is 22.0 Å². The molecular formula is C24H32N4O4S. The molecule has 178 valence electrons. The number of hydrogen-bond donors (Lipinski definition) is 0. The van der Waals surface area contributed by atoms with Crippen molar-refractivity contribution in [2.45, 2.75) is 58.0 Å². The lowest BCUT2D eigenvalue weighted by Gasteiger charge is -2.25. The van der Waals surface area contributed by atoms with Crippen molar-refractivity contribution in [3.8, 4) is 5.75 Å². The molecule has 4 rings (SSSR count). The lowest BCUT2D eigenvalue weighted by molar-refractivity contribution is -0.132. The number of rotatable bonds is 6. The number of fused-ring (bicyclic) bond motifs is 1. The van der Waals surface area contributed by atoms with E-state index in [1.807, 2.05) is 10.3 Å². The number of ether oxygens (including phenoxy) is 1. The van der Waals surface area contributed by atoms with Crippen molar-refractivity contribution in [2.75, 3.05) is 27.2 Å². The fourth-order valence-corrected chi connectivity index (χ4v) is 5.53. The number of aromatic nitrogens is 2. The lowest BCUT2D eigenvalue weighted by atomic mass is 9.86. The van der Waals surface area contributed by atoms with Crippen LogP contribution in [0.2, 0.25) is 0 Å². The van der Waals surface area contributed by atoms with Crippen LogP contribution >= 0.6 is 11.3 Å². The van der Waals surface area contributed by atoms with Crippen molar-refractivity contribution in [1.82, 2.24) is 19.4 Å². The fraction of sp³-hybridized carbons (Fsp3) is 0.583. The smallest absolute Gasteiger partial charge is 0.259 e. The second-order valence-corrected chi connectivity index (χ2v) is 9.72. The average Bonchev–Trinajstić information content (AvgIpc) is 3.22. The van der Waals surface area contributed by atoms with Crippen LogP contribution in [0.15, 0.2) is 21.8 Å². The fourth-order valence-electron chi connectivity index (χ4n) is 4.98. The van der Waals surface area contributed by atoms with Crippen LogP contribution in [0.5, 0.6) is 5.75 Å². The Balaban J connectivity index is 1.56. The van der Waals surface area contributed by atoms with Crippen LogP contribution in [0.1, 0.15) is 60.3 Å². The summed E-state index contributed by atoms with van der Waals surface area (Å²) in [7, 11) is 3.19. The van der Waals surface area contributed by atoms with Crippen LogP contribution in [0.3, 0.4) is 0 Å². The molecule has 0 N–H and O–H groups in total. The molecule has 2 aliphatic rings. The summed E-state index contributed by atoms with van der Waals surface area (Å²) in [6.07, 6.45) is 6.95. The van der Waals surface area contributed by atoms with Crippen molar-refractivity contribution in [2.24, 2.45) is 5.92 Å². The van der Waals surface area contributed by atoms with E-state index in [2.05, 4.69) is 4.98 Å². The molecule has 2 amide bonds. The number of pyridine rings is 1. The highest BCUT2D eigenvalue weighted by Crippen LogP contribution is 2.28. The SMILES string of the molecule is COc1cc(=O)n2c(c1C(=O)N(C)Cc1cscn1)CCN(C(=O)CC1CCCCC1)CC2. The van der Waals surface area contributed by atoms with E-state index >= 15 is 0 Å². The third-order valence-electron chi connectivity index (χ3n) is 6.80. The van der Waals surface area contributed by atoms with E-state index < -0.39 is 0 Å². The highest BCUT2D eigenvalue weighted by molar-refractivity contribution is 7.07. The molecule has 3 heterocycles. The molecule has 0 radical (unpaired) electrons. The zero-order chi connectivity index (χ0) is 23.4. The van der Waals surface area contributed by atoms with Crippen molar-refractivity contribution in [3.05, 3.63) is 44.3 Å². The highest BCUT2D eigenvalue weighted by Gasteiger charge is 2.29. The van der Waals surface area contributed by atoms with Gasteiger partial charge in [0.1, 0.15) is 11.3 Å². The third kappa shape index (κ3) is 5.29. The third-order valence-corrected chi connectivity index (χ3v) is 7.43. The second-order valence-electron chi connectivity index (χ2n) is 9.00. The maximum absolute atomic E-state index is 13.4. The van der Waals surface area contributed by atoms with Crippen LogP contribution in [-0.2, 0) is 24.3 Å². The highest BCUT2D eigenvalue weighted by atomic mass is 32.1. The van der Waals surface area contributed by atoms with E-state index in [1.165, 1.54) is 43.8 Å². The molecule has 0 atom stereocenters. The molecule has 1 saturated carbocycles. The molecule has 8 nitrogen and oxygen atoms in total. The summed E-state index contributed by atoms with van der Waals surface area (Å²) in [6, 6.07) is 1.38. The molecule has 33 heavy (non-hydrogen) atoms. The van der Waals surface area contributed by atoms with Gasteiger partial charge in [-0.05, 0) is 18.8 Å². The van der Waals surface area contributed by atoms with Crippen molar-refractivity contribution in [1.29, 1.82) is 0 Å². The zero-order valence-electron chi connectivity index (χ0n) is 19.4. The van der Waals surface area contributed by atoms with Gasteiger partial charge in [0.05, 0.1) is 24.9 Å². The number of nitrogens with zero attached hydrogens (tertiary/aromatic N) is 4. The summed E-state index contributed by atoms with van der Waals surface area (Å²) in [5.41, 5.74) is 3.39. The van der Waals surface area contributed by atoms with Crippen molar-refractivity contribution >= 4 is 23.2 Å². The van der Waals surface area contributed by atoms with Crippen molar-refractivity contribution in [3.63, 3.8) is 0 Å². The Morgan fingerprint density at radius 2 is 2.00 bits per heavy atom. The van der Waals surface area contributed by atoms with E-state index in [-0.39, 0.29) is 23.1 Å². The number of methoxy groups -OCH3 is 1. The van der Waals surface area contributed by atoms with E-state index in [0.29, 0.717) is 56.2 Å². The van der Waals surface area contributed by atoms with Crippen LogP contribution in [0, 0.1) is 5.92 Å². The van der Waals surface area contributed by atoms with Gasteiger partial charge in [0.2, 0.25) is 5.91 Å². The normalized spacial score (nSPS) is 16.7. The topological polar surface area (TPSA) is 84.7 Å². The van der Waals surface area contributed by atoms with Gasteiger partial charge in [-0.25, -0.2) is 4.98 Å². The molecule has 1 aliphatic heterocycles. The molecule has 2 aromatic rings. The van der Waals surface area contributed by atoms with E-state index in [9.17, 15) is 14.4 Å². The Labute approximate surface area is 198 Å². The Morgan fingerprint density at radius 3 is 2.70 bits per heavy atom. The number of hydrogen-bond acceptors (Lipinski definition) is 6. The number of amides is 2. The van der Waals surface area contributed by atoms with Gasteiger partial charge in [-0.2, -0.15) is 0 Å². The van der Waals surface area contributed by atoms with Gasteiger partial charge in [0, 0.05) is 56.7 Å². The van der Waals surface area contributed by atoms with Gasteiger partial charge in [-0.1, -0.05) is 19.3 Å². The molecule has 2 aromatic heterocycles. The first-order valence-corrected chi connectivity index (χ1v) is 12.6. The first kappa shape index (κ1) is 23.5. The second kappa shape index (κ2) is 10.5. The summed E-state index contributed by atoms with van der Waals surface area (Å²) in [6.45, 7) is 1.72. The summed E-state index contributed by atoms with van der Waals surface area (Å²) in [5, 5.41) is 1.91. The maximum Gasteiger partial charge on any atom is 0.259 e. The van der Waals surface area contributed by atoms with E-state index in [0.717, 1.165) is 18.5 Å². The quantitative estimate of drug-likeness (QED) is 0.645. The molecule has 0 unspecified atom stereocenters. The average molecular weight is 473 g/mol. The number of thiazole rings is 1. The van der Waals surface area contributed by atoms with Crippen LogP contribution in [0.25, 0.3) is 0 Å². The van der Waals surface area contributed by atoms with Crippen LogP contribution < -0.4 is 10.3 Å². The molecule has 0 bridgehead atoms. The van der Waals surface area contributed by atoms with Gasteiger partial charge < -0.3 is 19.1 Å². The van der Waals surface area contributed by atoms with E-state index in [4.69, 9.17) is 4.74 Å². The Kier molecular flexibility index (Phi) is 7.47. The van der Waals surface area contributed by atoms with Gasteiger partial charge >= 0.3 is 0 Å². The molecular weight excluding hydrogens is 440 g/mol. The van der Waals surface area contributed by atoms with Crippen LogP contribution in [0.4, 0.5) is 0 Å². The predicted molar refractivity (Wildman–Crippen MR) is 127 cm³/mol. The maximum atomic E-state index is 13.4. The Bertz CT molecular complexity index is 1040. The number of carbonyl (C=O) groups is 2. The first-order chi connectivity index (χ1) is 16.0. The number of carbonyl (C=O) groups excluding carboxylic acids is 2. The Morgan fingerprint density at radius 1 is 1.21 bits per heavy atom. The summed E-state index contributed by atoms with van der Waals surface area (Å²) < 4.78 is 7.10. The standard InChI is InChI=1S/C24H32N4O4S/c1-26(14-18-15-33-16-25-18)24(31)23-19-8-9-27(21(29)12-17-6-4-3-5-7-17)10-11-28(19)22(30)13-20(23)32-2/h13,15-17H,3-12,14H2,1-2H3. The molecule has 0 saturated heterocycles. The van der Waals surface area contributed by atoms with Gasteiger partial charge in [-0.15, -0.1) is 11.3 Å². The minimum Gasteiger partial charge on any atom is -0.496 e. The minimum atomic E-state index is -0.217. The summed E-state index contributed by atoms with van der Waals surface area (Å²) >= 11 is 1.48. The van der Waals surface area contributed by atoms with Gasteiger partial charge in [0.15, 0.2) is 0 Å². The lowest BCUT2D eigenvalue weighted by Crippen LogP contribution is -2.35. The molecule has 1 aliphatic carbocycles. The largest absolute Gasteiger partial charge is 0.496 e. The summed E-state index contributed by atoms with van der Waals surface area (Å²) in [5.74, 6) is 0.688. The molecule has 1 fully saturated rings. The predicted octanol–water partition coefficient (Wildman–Crippen LogP) is 2.94. The van der Waals surface area contributed by atoms with Crippen LogP contribution in [-0.4, -0.2) is 58.4 Å². The molecule has 9 heteroatoms. The minimum absolute atomic E-state index is 0.156. The molecule has 0 spiro atoms. The first-order valence-electron chi connectivity index (χ1n) is 11.7. The van der Waals surface area contributed by atoms with Gasteiger partial charge in [-0.3, -0.25) is 14.4 Å². The van der Waals surface area contributed by atoms with Crippen molar-refractivity contribution < 1.29 is 14.3 Å². The zero-order valence-corrected chi connectivity index (χ0v) is 20.2. The molecule has 0 aromatic carbocycles. The van der Waals surface area contributed by atoms with Gasteiger partial charge in [0.25, 0.3) is 11.5 Å². The Hall–Kier alpha value is -2.68.